The van der Waals surface area contributed by atoms with E-state index in [1.807, 2.05) is 18.2 Å². The Bertz CT molecular complexity index is 427. The zero-order valence-corrected chi connectivity index (χ0v) is 11.2. The molecule has 0 bridgehead atoms. The SMILES string of the molecule is CC(C)CCCOC(=O)c1ccc2c(c1)CNC2. The third-order valence-corrected chi connectivity index (χ3v) is 3.23. The first kappa shape index (κ1) is 13.1. The summed E-state index contributed by atoms with van der Waals surface area (Å²) < 4.78 is 5.28. The number of benzene rings is 1. The number of esters is 1. The van der Waals surface area contributed by atoms with Crippen LogP contribution in [0.15, 0.2) is 18.2 Å². The molecule has 0 radical (unpaired) electrons. The van der Waals surface area contributed by atoms with Crippen LogP contribution in [0.4, 0.5) is 0 Å². The molecule has 1 aliphatic heterocycles. The molecule has 0 aliphatic carbocycles. The second kappa shape index (κ2) is 6.01. The predicted molar refractivity (Wildman–Crippen MR) is 71.3 cm³/mol. The highest BCUT2D eigenvalue weighted by Gasteiger charge is 2.14. The van der Waals surface area contributed by atoms with Gasteiger partial charge >= 0.3 is 5.97 Å². The first-order valence-electron chi connectivity index (χ1n) is 6.66. The fourth-order valence-electron chi connectivity index (χ4n) is 2.16. The third kappa shape index (κ3) is 3.33. The van der Waals surface area contributed by atoms with Crippen molar-refractivity contribution in [1.29, 1.82) is 0 Å². The molecule has 18 heavy (non-hydrogen) atoms. The first-order chi connectivity index (χ1) is 8.66. The van der Waals surface area contributed by atoms with Gasteiger partial charge in [-0.1, -0.05) is 19.9 Å². The summed E-state index contributed by atoms with van der Waals surface area (Å²) in [4.78, 5) is 11.8. The van der Waals surface area contributed by atoms with E-state index in [1.54, 1.807) is 0 Å². The van der Waals surface area contributed by atoms with Crippen molar-refractivity contribution >= 4 is 5.97 Å². The zero-order chi connectivity index (χ0) is 13.0. The molecule has 0 saturated carbocycles. The van der Waals surface area contributed by atoms with Crippen molar-refractivity contribution in [3.8, 4) is 0 Å². The Morgan fingerprint density at radius 2 is 2.11 bits per heavy atom. The van der Waals surface area contributed by atoms with E-state index >= 15 is 0 Å². The molecule has 0 aromatic heterocycles. The molecule has 3 nitrogen and oxygen atoms in total. The minimum absolute atomic E-state index is 0.201. The lowest BCUT2D eigenvalue weighted by Crippen LogP contribution is -2.07. The molecular weight excluding hydrogens is 226 g/mol. The van der Waals surface area contributed by atoms with Crippen LogP contribution >= 0.6 is 0 Å². The number of carbonyl (C=O) groups is 1. The molecule has 0 amide bonds. The van der Waals surface area contributed by atoms with Crippen molar-refractivity contribution in [1.82, 2.24) is 5.32 Å². The van der Waals surface area contributed by atoms with Gasteiger partial charge in [0.2, 0.25) is 0 Å². The molecule has 1 aromatic carbocycles. The maximum absolute atomic E-state index is 11.8. The van der Waals surface area contributed by atoms with Crippen LogP contribution in [0.1, 0.15) is 48.2 Å². The van der Waals surface area contributed by atoms with Crippen LogP contribution in [-0.4, -0.2) is 12.6 Å². The lowest BCUT2D eigenvalue weighted by molar-refractivity contribution is 0.0494. The van der Waals surface area contributed by atoms with E-state index in [9.17, 15) is 4.79 Å². The summed E-state index contributed by atoms with van der Waals surface area (Å²) in [6, 6.07) is 5.82. The number of fused-ring (bicyclic) bond motifs is 1. The molecule has 0 fully saturated rings. The van der Waals surface area contributed by atoms with Gasteiger partial charge in [-0.05, 0) is 42.0 Å². The van der Waals surface area contributed by atoms with Gasteiger partial charge in [0.1, 0.15) is 0 Å². The van der Waals surface area contributed by atoms with Gasteiger partial charge in [0.05, 0.1) is 12.2 Å². The fourth-order valence-corrected chi connectivity index (χ4v) is 2.16. The number of ether oxygens (including phenoxy) is 1. The molecule has 2 rings (SSSR count). The summed E-state index contributed by atoms with van der Waals surface area (Å²) in [7, 11) is 0. The Balaban J connectivity index is 1.85. The molecule has 0 saturated heterocycles. The fraction of sp³-hybridized carbons (Fsp3) is 0.533. The zero-order valence-electron chi connectivity index (χ0n) is 11.2. The Labute approximate surface area is 109 Å². The molecular formula is C15H21NO2. The van der Waals surface area contributed by atoms with Gasteiger partial charge < -0.3 is 10.1 Å². The highest BCUT2D eigenvalue weighted by atomic mass is 16.5. The second-order valence-corrected chi connectivity index (χ2v) is 5.26. The summed E-state index contributed by atoms with van der Waals surface area (Å²) in [5.74, 6) is 0.461. The van der Waals surface area contributed by atoms with Crippen molar-refractivity contribution in [3.63, 3.8) is 0 Å². The van der Waals surface area contributed by atoms with Gasteiger partial charge in [0.25, 0.3) is 0 Å². The van der Waals surface area contributed by atoms with Crippen LogP contribution in [-0.2, 0) is 17.8 Å². The van der Waals surface area contributed by atoms with Gasteiger partial charge in [0, 0.05) is 13.1 Å². The van der Waals surface area contributed by atoms with E-state index in [2.05, 4.69) is 19.2 Å². The molecule has 98 valence electrons. The summed E-state index contributed by atoms with van der Waals surface area (Å²) in [6.07, 6.45) is 2.04. The van der Waals surface area contributed by atoms with Crippen molar-refractivity contribution in [3.05, 3.63) is 34.9 Å². The van der Waals surface area contributed by atoms with Crippen LogP contribution in [0.2, 0.25) is 0 Å². The number of rotatable bonds is 5. The third-order valence-electron chi connectivity index (χ3n) is 3.23. The highest BCUT2D eigenvalue weighted by molar-refractivity contribution is 5.89. The molecule has 1 N–H and O–H groups in total. The average Bonchev–Trinajstić information content (AvgIpc) is 2.81. The van der Waals surface area contributed by atoms with E-state index in [-0.39, 0.29) is 5.97 Å². The van der Waals surface area contributed by atoms with Gasteiger partial charge in [-0.3, -0.25) is 0 Å². The molecule has 3 heteroatoms. The quantitative estimate of drug-likeness (QED) is 0.642. The number of hydrogen-bond donors (Lipinski definition) is 1. The number of hydrogen-bond acceptors (Lipinski definition) is 3. The van der Waals surface area contributed by atoms with Crippen LogP contribution in [0.5, 0.6) is 0 Å². The Morgan fingerprint density at radius 1 is 1.33 bits per heavy atom. The lowest BCUT2D eigenvalue weighted by atomic mass is 10.1. The van der Waals surface area contributed by atoms with Crippen molar-refractivity contribution in [2.45, 2.75) is 39.8 Å². The maximum atomic E-state index is 11.8. The predicted octanol–water partition coefficient (Wildman–Crippen LogP) is 2.88. The Kier molecular flexibility index (Phi) is 4.37. The van der Waals surface area contributed by atoms with Gasteiger partial charge in [0.15, 0.2) is 0 Å². The minimum atomic E-state index is -0.201. The van der Waals surface area contributed by atoms with Crippen molar-refractivity contribution in [2.75, 3.05) is 6.61 Å². The molecule has 1 aromatic rings. The topological polar surface area (TPSA) is 38.3 Å². The van der Waals surface area contributed by atoms with E-state index in [0.29, 0.717) is 18.1 Å². The summed E-state index contributed by atoms with van der Waals surface area (Å²) in [5, 5.41) is 3.27. The van der Waals surface area contributed by atoms with Gasteiger partial charge in [-0.25, -0.2) is 4.79 Å². The average molecular weight is 247 g/mol. The largest absolute Gasteiger partial charge is 0.462 e. The van der Waals surface area contributed by atoms with Crippen LogP contribution in [0, 0.1) is 5.92 Å². The number of carbonyl (C=O) groups excluding carboxylic acids is 1. The van der Waals surface area contributed by atoms with Gasteiger partial charge in [-0.15, -0.1) is 0 Å². The highest BCUT2D eigenvalue weighted by Crippen LogP contribution is 2.17. The monoisotopic (exact) mass is 247 g/mol. The Hall–Kier alpha value is -1.35. The molecule has 0 unspecified atom stereocenters. The summed E-state index contributed by atoms with van der Waals surface area (Å²) in [6.45, 7) is 6.62. The van der Waals surface area contributed by atoms with E-state index in [4.69, 9.17) is 4.74 Å². The molecule has 1 heterocycles. The standard InChI is InChI=1S/C15H21NO2/c1-11(2)4-3-7-18-15(17)12-5-6-13-9-16-10-14(13)8-12/h5-6,8,11,16H,3-4,7,9-10H2,1-2H3. The van der Waals surface area contributed by atoms with Gasteiger partial charge in [-0.2, -0.15) is 0 Å². The lowest BCUT2D eigenvalue weighted by Gasteiger charge is -2.07. The van der Waals surface area contributed by atoms with Crippen LogP contribution in [0.25, 0.3) is 0 Å². The van der Waals surface area contributed by atoms with E-state index in [1.165, 1.54) is 11.1 Å². The smallest absolute Gasteiger partial charge is 0.338 e. The molecule has 1 aliphatic rings. The van der Waals surface area contributed by atoms with Crippen molar-refractivity contribution < 1.29 is 9.53 Å². The van der Waals surface area contributed by atoms with Crippen LogP contribution < -0.4 is 5.32 Å². The molecule has 0 atom stereocenters. The Morgan fingerprint density at radius 3 is 2.89 bits per heavy atom. The summed E-state index contributed by atoms with van der Waals surface area (Å²) in [5.41, 5.74) is 3.17. The first-order valence-corrected chi connectivity index (χ1v) is 6.66. The van der Waals surface area contributed by atoms with E-state index < -0.39 is 0 Å². The normalized spacial score (nSPS) is 13.7. The maximum Gasteiger partial charge on any atom is 0.338 e. The van der Waals surface area contributed by atoms with Crippen LogP contribution in [0.3, 0.4) is 0 Å². The second-order valence-electron chi connectivity index (χ2n) is 5.26. The van der Waals surface area contributed by atoms with E-state index in [0.717, 1.165) is 25.9 Å². The summed E-state index contributed by atoms with van der Waals surface area (Å²) >= 11 is 0. The number of nitrogens with one attached hydrogen (secondary N) is 1. The van der Waals surface area contributed by atoms with Crippen molar-refractivity contribution in [2.24, 2.45) is 5.92 Å². The molecule has 0 spiro atoms. The minimum Gasteiger partial charge on any atom is -0.462 e.